The van der Waals surface area contributed by atoms with E-state index >= 15 is 0 Å². The number of carbonyl (C=O) groups is 1. The van der Waals surface area contributed by atoms with Crippen LogP contribution in [-0.4, -0.2) is 26.7 Å². The fourth-order valence-corrected chi connectivity index (χ4v) is 4.29. The van der Waals surface area contributed by atoms with Gasteiger partial charge in [0.15, 0.2) is 9.84 Å². The van der Waals surface area contributed by atoms with E-state index in [9.17, 15) is 13.2 Å². The summed E-state index contributed by atoms with van der Waals surface area (Å²) in [6.45, 7) is 1.92. The van der Waals surface area contributed by atoms with Crippen LogP contribution >= 0.6 is 0 Å². The zero-order chi connectivity index (χ0) is 21.3. The summed E-state index contributed by atoms with van der Waals surface area (Å²) in [7, 11) is -3.23. The number of rotatable bonds is 6. The summed E-state index contributed by atoms with van der Waals surface area (Å²) in [6, 6.07) is 20.9. The molecule has 0 aliphatic heterocycles. The minimum absolute atomic E-state index is 0.0237. The van der Waals surface area contributed by atoms with Crippen molar-refractivity contribution in [3.05, 3.63) is 83.4 Å². The van der Waals surface area contributed by atoms with Gasteiger partial charge in [-0.15, -0.1) is 0 Å². The largest absolute Gasteiger partial charge is 0.303 e. The quantitative estimate of drug-likeness (QED) is 0.374. The number of hydrazone groups is 1. The molecule has 0 aromatic heterocycles. The van der Waals surface area contributed by atoms with Crippen molar-refractivity contribution in [1.82, 2.24) is 0 Å². The minimum Gasteiger partial charge on any atom is -0.303 e. The Balaban J connectivity index is 1.68. The molecule has 6 heteroatoms. The summed E-state index contributed by atoms with van der Waals surface area (Å²) in [5, 5.41) is 4.64. The number of nitrogens with one attached hydrogen (secondary N) is 1. The average molecular weight is 419 g/mol. The van der Waals surface area contributed by atoms with Crippen molar-refractivity contribution in [3.63, 3.8) is 0 Å². The first-order valence-electron chi connectivity index (χ1n) is 9.69. The molecular formula is C24H22N2O3S. The Morgan fingerprint density at radius 1 is 0.933 bits per heavy atom. The maximum Gasteiger partial charge on any atom is 0.175 e. The Morgan fingerprint density at radius 2 is 1.60 bits per heavy atom. The number of fused-ring (bicyclic) bond motifs is 3. The van der Waals surface area contributed by atoms with E-state index in [0.29, 0.717) is 12.1 Å². The highest BCUT2D eigenvalue weighted by Crippen LogP contribution is 2.37. The molecule has 3 aromatic carbocycles. The molecule has 1 aliphatic carbocycles. The van der Waals surface area contributed by atoms with Crippen molar-refractivity contribution in [1.29, 1.82) is 0 Å². The SMILES string of the molecule is CC(C=O)Cc1ccc2c(c1)-c1ccccc1/C2=N\Nc1ccc(S(C)(=O)=O)cc1. The molecule has 0 saturated heterocycles. The molecule has 3 aromatic rings. The molecule has 1 unspecified atom stereocenters. The van der Waals surface area contributed by atoms with E-state index in [2.05, 4.69) is 28.7 Å². The Kier molecular flexibility index (Phi) is 5.26. The first-order valence-corrected chi connectivity index (χ1v) is 11.6. The predicted octanol–water partition coefficient (Wildman–Crippen LogP) is 4.31. The van der Waals surface area contributed by atoms with Gasteiger partial charge in [-0.1, -0.05) is 49.4 Å². The molecule has 4 rings (SSSR count). The van der Waals surface area contributed by atoms with Crippen LogP contribution in [0.4, 0.5) is 5.69 Å². The number of nitrogens with zero attached hydrogens (tertiary/aromatic N) is 1. The second-order valence-electron chi connectivity index (χ2n) is 7.61. The second-order valence-corrected chi connectivity index (χ2v) is 9.63. The molecule has 1 N–H and O–H groups in total. The van der Waals surface area contributed by atoms with Crippen LogP contribution in [0.25, 0.3) is 11.1 Å². The molecule has 152 valence electrons. The zero-order valence-electron chi connectivity index (χ0n) is 16.8. The van der Waals surface area contributed by atoms with Crippen LogP contribution in [0, 0.1) is 5.92 Å². The van der Waals surface area contributed by atoms with Gasteiger partial charge in [0.2, 0.25) is 0 Å². The van der Waals surface area contributed by atoms with E-state index in [0.717, 1.165) is 39.8 Å². The molecule has 0 saturated carbocycles. The third-order valence-electron chi connectivity index (χ3n) is 5.18. The van der Waals surface area contributed by atoms with Gasteiger partial charge in [-0.3, -0.25) is 5.43 Å². The van der Waals surface area contributed by atoms with E-state index in [1.165, 1.54) is 6.26 Å². The highest BCUT2D eigenvalue weighted by Gasteiger charge is 2.25. The average Bonchev–Trinajstić information content (AvgIpc) is 3.05. The molecular weight excluding hydrogens is 396 g/mol. The molecule has 30 heavy (non-hydrogen) atoms. The van der Waals surface area contributed by atoms with Crippen molar-refractivity contribution in [2.75, 3.05) is 11.7 Å². The van der Waals surface area contributed by atoms with Gasteiger partial charge >= 0.3 is 0 Å². The summed E-state index contributed by atoms with van der Waals surface area (Å²) < 4.78 is 23.3. The molecule has 5 nitrogen and oxygen atoms in total. The van der Waals surface area contributed by atoms with Crippen LogP contribution in [0.5, 0.6) is 0 Å². The Morgan fingerprint density at radius 3 is 2.27 bits per heavy atom. The molecule has 1 atom stereocenters. The van der Waals surface area contributed by atoms with Gasteiger partial charge in [0.05, 0.1) is 16.3 Å². The summed E-state index contributed by atoms with van der Waals surface area (Å²) in [5.74, 6) is -0.0237. The van der Waals surface area contributed by atoms with E-state index in [4.69, 9.17) is 0 Å². The lowest BCUT2D eigenvalue weighted by molar-refractivity contribution is -0.110. The monoisotopic (exact) mass is 418 g/mol. The maximum atomic E-state index is 11.6. The predicted molar refractivity (Wildman–Crippen MR) is 120 cm³/mol. The molecule has 1 aliphatic rings. The number of anilines is 1. The lowest BCUT2D eigenvalue weighted by atomic mass is 9.97. The smallest absolute Gasteiger partial charge is 0.175 e. The van der Waals surface area contributed by atoms with Gasteiger partial charge in [-0.25, -0.2) is 8.42 Å². The highest BCUT2D eigenvalue weighted by molar-refractivity contribution is 7.90. The topological polar surface area (TPSA) is 75.6 Å². The van der Waals surface area contributed by atoms with Crippen molar-refractivity contribution >= 4 is 27.5 Å². The summed E-state index contributed by atoms with van der Waals surface area (Å²) in [6.07, 6.45) is 2.87. The lowest BCUT2D eigenvalue weighted by Crippen LogP contribution is -2.04. The molecule has 0 fully saturated rings. The van der Waals surface area contributed by atoms with Crippen molar-refractivity contribution < 1.29 is 13.2 Å². The van der Waals surface area contributed by atoms with Crippen LogP contribution < -0.4 is 5.43 Å². The van der Waals surface area contributed by atoms with Gasteiger partial charge in [0.25, 0.3) is 0 Å². The van der Waals surface area contributed by atoms with Crippen molar-refractivity contribution in [3.8, 4) is 11.1 Å². The lowest BCUT2D eigenvalue weighted by Gasteiger charge is -2.08. The van der Waals surface area contributed by atoms with Crippen LogP contribution in [0.2, 0.25) is 0 Å². The van der Waals surface area contributed by atoms with E-state index in [-0.39, 0.29) is 10.8 Å². The Bertz CT molecular complexity index is 1250. The first kappa shape index (κ1) is 20.0. The standard InChI is InChI=1S/C24H22N2O3S/c1-16(15-27)13-17-7-12-22-23(14-17)20-5-3-4-6-21(20)24(22)26-25-18-8-10-19(11-9-18)30(2,28)29/h3-12,14-16,25H,13H2,1-2H3/b26-24+. The Labute approximate surface area is 176 Å². The number of hydrogen-bond acceptors (Lipinski definition) is 5. The number of aldehydes is 1. The third-order valence-corrected chi connectivity index (χ3v) is 6.31. The van der Waals surface area contributed by atoms with Crippen LogP contribution in [0.3, 0.4) is 0 Å². The van der Waals surface area contributed by atoms with Gasteiger partial charge < -0.3 is 4.79 Å². The number of benzene rings is 3. The normalized spacial score (nSPS) is 14.8. The molecule has 0 spiro atoms. The van der Waals surface area contributed by atoms with Gasteiger partial charge in [0, 0.05) is 23.3 Å². The third kappa shape index (κ3) is 3.91. The fourth-order valence-electron chi connectivity index (χ4n) is 3.65. The maximum absolute atomic E-state index is 11.6. The summed E-state index contributed by atoms with van der Waals surface area (Å²) >= 11 is 0. The molecule has 0 bridgehead atoms. The van der Waals surface area contributed by atoms with Crippen LogP contribution in [0.1, 0.15) is 23.6 Å². The fraction of sp³-hybridized carbons (Fsp3) is 0.167. The zero-order valence-corrected chi connectivity index (χ0v) is 17.6. The Hall–Kier alpha value is -3.25. The number of carbonyl (C=O) groups excluding carboxylic acids is 1. The summed E-state index contributed by atoms with van der Waals surface area (Å²) in [5.41, 5.74) is 9.99. The van der Waals surface area contributed by atoms with Gasteiger partial charge in [-0.05, 0) is 47.4 Å². The summed E-state index contributed by atoms with van der Waals surface area (Å²) in [4.78, 5) is 11.3. The van der Waals surface area contributed by atoms with E-state index in [1.54, 1.807) is 24.3 Å². The molecule has 0 amide bonds. The first-order chi connectivity index (χ1) is 14.4. The van der Waals surface area contributed by atoms with E-state index in [1.807, 2.05) is 31.2 Å². The van der Waals surface area contributed by atoms with Crippen LogP contribution in [-0.2, 0) is 21.1 Å². The van der Waals surface area contributed by atoms with E-state index < -0.39 is 9.84 Å². The van der Waals surface area contributed by atoms with Crippen molar-refractivity contribution in [2.45, 2.75) is 18.2 Å². The number of sulfone groups is 1. The highest BCUT2D eigenvalue weighted by atomic mass is 32.2. The van der Waals surface area contributed by atoms with Gasteiger partial charge in [0.1, 0.15) is 6.29 Å². The molecule has 0 heterocycles. The molecule has 0 radical (unpaired) electrons. The number of hydrogen-bond donors (Lipinski definition) is 1. The van der Waals surface area contributed by atoms with Crippen LogP contribution in [0.15, 0.2) is 76.7 Å². The van der Waals surface area contributed by atoms with Crippen molar-refractivity contribution in [2.24, 2.45) is 11.0 Å². The van der Waals surface area contributed by atoms with Gasteiger partial charge in [-0.2, -0.15) is 5.10 Å². The minimum atomic E-state index is -3.23. The second kappa shape index (κ2) is 7.88.